The second-order valence-corrected chi connectivity index (χ2v) is 5.18. The van der Waals surface area contributed by atoms with Crippen LogP contribution in [0, 0.1) is 5.82 Å². The molecule has 0 spiro atoms. The summed E-state index contributed by atoms with van der Waals surface area (Å²) in [5, 5.41) is 0. The van der Waals surface area contributed by atoms with Crippen molar-refractivity contribution in [3.05, 3.63) is 63.9 Å². The Morgan fingerprint density at radius 2 is 1.90 bits per heavy atom. The van der Waals surface area contributed by atoms with E-state index in [1.807, 2.05) is 0 Å². The first-order valence-corrected chi connectivity index (χ1v) is 7.23. The monoisotopic (exact) mass is 352 g/mol. The van der Waals surface area contributed by atoms with Crippen LogP contribution in [0.25, 0.3) is 0 Å². The van der Waals surface area contributed by atoms with Gasteiger partial charge in [0.2, 0.25) is 0 Å². The van der Waals surface area contributed by atoms with Gasteiger partial charge >= 0.3 is 5.97 Å². The fourth-order valence-electron chi connectivity index (χ4n) is 1.72. The first-order chi connectivity index (χ1) is 10.1. The van der Waals surface area contributed by atoms with Crippen molar-refractivity contribution >= 4 is 21.9 Å². The molecule has 0 aliphatic carbocycles. The summed E-state index contributed by atoms with van der Waals surface area (Å²) in [5.41, 5.74) is 0.914. The average Bonchev–Trinajstić information content (AvgIpc) is 2.49. The predicted octanol–water partition coefficient (Wildman–Crippen LogP) is 4.34. The maximum absolute atomic E-state index is 13.6. The third kappa shape index (κ3) is 4.29. The van der Waals surface area contributed by atoms with Gasteiger partial charge in [0.1, 0.15) is 18.2 Å². The van der Waals surface area contributed by atoms with Gasteiger partial charge in [0.25, 0.3) is 0 Å². The lowest BCUT2D eigenvalue weighted by Crippen LogP contribution is -2.04. The molecule has 0 fully saturated rings. The fraction of sp³-hybridized carbons (Fsp3) is 0.188. The van der Waals surface area contributed by atoms with E-state index < -0.39 is 0 Å². The minimum Gasteiger partial charge on any atom is -0.489 e. The minimum atomic E-state index is -0.373. The first-order valence-electron chi connectivity index (χ1n) is 6.44. The Hall–Kier alpha value is -1.88. The molecule has 5 heteroatoms. The number of carbonyl (C=O) groups is 1. The third-order valence-electron chi connectivity index (χ3n) is 2.77. The highest BCUT2D eigenvalue weighted by Gasteiger charge is 2.07. The van der Waals surface area contributed by atoms with Crippen molar-refractivity contribution in [2.75, 3.05) is 6.61 Å². The van der Waals surface area contributed by atoms with Crippen molar-refractivity contribution < 1.29 is 18.7 Å². The van der Waals surface area contributed by atoms with Crippen molar-refractivity contribution in [2.45, 2.75) is 13.5 Å². The Kier molecular flexibility index (Phi) is 5.33. The largest absolute Gasteiger partial charge is 0.489 e. The molecule has 3 nitrogen and oxygen atoms in total. The average molecular weight is 353 g/mol. The summed E-state index contributed by atoms with van der Waals surface area (Å²) in [6.07, 6.45) is 0. The van der Waals surface area contributed by atoms with Gasteiger partial charge in [0, 0.05) is 10.0 Å². The van der Waals surface area contributed by atoms with Crippen molar-refractivity contribution in [2.24, 2.45) is 0 Å². The number of halogens is 2. The zero-order valence-electron chi connectivity index (χ0n) is 11.4. The summed E-state index contributed by atoms with van der Waals surface area (Å²) >= 11 is 3.29. The highest BCUT2D eigenvalue weighted by Crippen LogP contribution is 2.19. The predicted molar refractivity (Wildman–Crippen MR) is 80.8 cm³/mol. The van der Waals surface area contributed by atoms with E-state index >= 15 is 0 Å². The summed E-state index contributed by atoms with van der Waals surface area (Å²) in [4.78, 5) is 11.5. The molecule has 21 heavy (non-hydrogen) atoms. The molecule has 0 N–H and O–H groups in total. The lowest BCUT2D eigenvalue weighted by molar-refractivity contribution is 0.0526. The quantitative estimate of drug-likeness (QED) is 0.750. The number of hydrogen-bond donors (Lipinski definition) is 0. The van der Waals surface area contributed by atoms with Crippen LogP contribution in [0.1, 0.15) is 22.8 Å². The molecule has 0 saturated carbocycles. The molecular formula is C16H14BrFO3. The topological polar surface area (TPSA) is 35.5 Å². The molecule has 0 atom stereocenters. The highest BCUT2D eigenvalue weighted by atomic mass is 79.9. The molecule has 2 aromatic carbocycles. The van der Waals surface area contributed by atoms with Gasteiger partial charge in [-0.15, -0.1) is 0 Å². The van der Waals surface area contributed by atoms with Crippen LogP contribution in [0.5, 0.6) is 5.75 Å². The van der Waals surface area contributed by atoms with Crippen LogP contribution in [0.4, 0.5) is 4.39 Å². The van der Waals surface area contributed by atoms with Gasteiger partial charge in [-0.25, -0.2) is 9.18 Å². The third-order valence-corrected chi connectivity index (χ3v) is 3.26. The molecular weight excluding hydrogens is 339 g/mol. The molecule has 0 aromatic heterocycles. The van der Waals surface area contributed by atoms with Crippen molar-refractivity contribution in [1.29, 1.82) is 0 Å². The summed E-state index contributed by atoms with van der Waals surface area (Å²) in [7, 11) is 0. The maximum Gasteiger partial charge on any atom is 0.338 e. The second-order valence-electron chi connectivity index (χ2n) is 4.27. The molecule has 2 aromatic rings. The summed E-state index contributed by atoms with van der Waals surface area (Å²) in [6.45, 7) is 2.20. The number of rotatable bonds is 5. The van der Waals surface area contributed by atoms with Gasteiger partial charge < -0.3 is 9.47 Å². The number of benzene rings is 2. The Morgan fingerprint density at radius 3 is 2.57 bits per heavy atom. The zero-order chi connectivity index (χ0) is 15.2. The van der Waals surface area contributed by atoms with Crippen molar-refractivity contribution in [3.8, 4) is 5.75 Å². The van der Waals surface area contributed by atoms with Gasteiger partial charge in [0.05, 0.1) is 12.2 Å². The lowest BCUT2D eigenvalue weighted by Gasteiger charge is -2.08. The normalized spacial score (nSPS) is 10.2. The summed E-state index contributed by atoms with van der Waals surface area (Å²) in [6, 6.07) is 11.2. The molecule has 0 unspecified atom stereocenters. The van der Waals surface area contributed by atoms with Crippen molar-refractivity contribution in [3.63, 3.8) is 0 Å². The smallest absolute Gasteiger partial charge is 0.338 e. The molecule has 0 radical (unpaired) electrons. The Labute approximate surface area is 130 Å². The molecule has 110 valence electrons. The first kappa shape index (κ1) is 15.5. The van der Waals surface area contributed by atoms with Crippen LogP contribution in [0.15, 0.2) is 46.9 Å². The van der Waals surface area contributed by atoms with E-state index in [4.69, 9.17) is 9.47 Å². The second kappa shape index (κ2) is 7.22. The fourth-order valence-corrected chi connectivity index (χ4v) is 2.13. The molecule has 0 saturated heterocycles. The maximum atomic E-state index is 13.6. The molecule has 2 rings (SSSR count). The van der Waals surface area contributed by atoms with Gasteiger partial charge in [-0.3, -0.25) is 0 Å². The standard InChI is InChI=1S/C16H14BrFO3/c1-2-20-16(19)11-3-6-14(7-4-11)21-10-12-9-13(17)5-8-15(12)18/h3-9H,2,10H2,1H3. The Morgan fingerprint density at radius 1 is 1.19 bits per heavy atom. The van der Waals surface area contributed by atoms with Gasteiger partial charge in [-0.2, -0.15) is 0 Å². The number of hydrogen-bond acceptors (Lipinski definition) is 3. The molecule has 0 amide bonds. The Balaban J connectivity index is 2.00. The van der Waals surface area contributed by atoms with Crippen molar-refractivity contribution in [1.82, 2.24) is 0 Å². The highest BCUT2D eigenvalue weighted by molar-refractivity contribution is 9.10. The van der Waals surface area contributed by atoms with Crippen LogP contribution in [0.3, 0.4) is 0 Å². The minimum absolute atomic E-state index is 0.115. The number of esters is 1. The van der Waals surface area contributed by atoms with E-state index in [9.17, 15) is 9.18 Å². The van der Waals surface area contributed by atoms with E-state index in [0.29, 0.717) is 23.5 Å². The van der Waals surface area contributed by atoms with E-state index in [1.54, 1.807) is 43.3 Å². The molecule has 0 aliphatic heterocycles. The van der Waals surface area contributed by atoms with Crippen LogP contribution >= 0.6 is 15.9 Å². The van der Waals surface area contributed by atoms with E-state index in [2.05, 4.69) is 15.9 Å². The van der Waals surface area contributed by atoms with E-state index in [1.165, 1.54) is 6.07 Å². The zero-order valence-corrected chi connectivity index (χ0v) is 13.0. The Bertz CT molecular complexity index is 626. The van der Waals surface area contributed by atoms with E-state index in [0.717, 1.165) is 4.47 Å². The molecule has 0 bridgehead atoms. The van der Waals surface area contributed by atoms with Gasteiger partial charge in [-0.05, 0) is 49.4 Å². The number of ether oxygens (including phenoxy) is 2. The van der Waals surface area contributed by atoms with Gasteiger partial charge in [0.15, 0.2) is 0 Å². The van der Waals surface area contributed by atoms with Crippen LogP contribution in [-0.2, 0) is 11.3 Å². The lowest BCUT2D eigenvalue weighted by atomic mass is 10.2. The van der Waals surface area contributed by atoms with Crippen LogP contribution < -0.4 is 4.74 Å². The summed E-state index contributed by atoms with van der Waals surface area (Å²) < 4.78 is 24.8. The van der Waals surface area contributed by atoms with Crippen LogP contribution in [-0.4, -0.2) is 12.6 Å². The molecule has 0 aliphatic rings. The SMILES string of the molecule is CCOC(=O)c1ccc(OCc2cc(Br)ccc2F)cc1. The van der Waals surface area contributed by atoms with Gasteiger partial charge in [-0.1, -0.05) is 15.9 Å². The summed E-state index contributed by atoms with van der Waals surface area (Å²) in [5.74, 6) is -0.133. The van der Waals surface area contributed by atoms with Crippen LogP contribution in [0.2, 0.25) is 0 Å². The molecule has 0 heterocycles. The number of carbonyl (C=O) groups excluding carboxylic acids is 1. The van der Waals surface area contributed by atoms with E-state index in [-0.39, 0.29) is 18.4 Å².